The van der Waals surface area contributed by atoms with Crippen LogP contribution < -0.4 is 0 Å². The van der Waals surface area contributed by atoms with Gasteiger partial charge in [0, 0.05) is 31.0 Å². The van der Waals surface area contributed by atoms with Crippen LogP contribution in [-0.4, -0.2) is 317 Å². The van der Waals surface area contributed by atoms with Crippen molar-refractivity contribution in [3.8, 4) is 0 Å². The Bertz CT molecular complexity index is 1490. The van der Waals surface area contributed by atoms with Crippen LogP contribution in [0.4, 0.5) is 0 Å². The zero-order chi connectivity index (χ0) is 56.1. The zero-order valence-electron chi connectivity index (χ0n) is 39.8. The van der Waals surface area contributed by atoms with E-state index < -0.39 is 215 Å². The lowest BCUT2D eigenvalue weighted by atomic mass is 9.96. The monoisotopic (exact) mass is 1900 g/mol. The highest BCUT2D eigenvalue weighted by Gasteiger charge is 2.59. The molecular weight excluding hydrogens is 1840 g/mol. The summed E-state index contributed by atoms with van der Waals surface area (Å²) in [5, 5.41) is 161. The molecular formula is C42H63I7O28. The molecule has 0 radical (unpaired) electrons. The molecule has 35 atom stereocenters. The number of halogens is 7. The Hall–Kier alpha value is 3.99. The molecule has 15 saturated heterocycles. The Labute approximate surface area is 535 Å². The van der Waals surface area contributed by atoms with Crippen molar-refractivity contribution in [3.63, 3.8) is 0 Å². The van der Waals surface area contributed by atoms with Gasteiger partial charge in [-0.3, -0.25) is 0 Å². The van der Waals surface area contributed by atoms with Crippen LogP contribution in [0, 0.1) is 0 Å². The molecule has 0 amide bonds. The van der Waals surface area contributed by atoms with Gasteiger partial charge in [-0.2, -0.15) is 0 Å². The maximum absolute atomic E-state index is 11.6. The van der Waals surface area contributed by atoms with Gasteiger partial charge < -0.3 is 138 Å². The van der Waals surface area contributed by atoms with E-state index in [1.807, 2.05) is 158 Å². The van der Waals surface area contributed by atoms with Crippen molar-refractivity contribution >= 4 is 158 Å². The fraction of sp³-hybridized carbons (Fsp3) is 1.00. The van der Waals surface area contributed by atoms with Gasteiger partial charge >= 0.3 is 0 Å². The summed E-state index contributed by atoms with van der Waals surface area (Å²) < 4.78 is 85.7. The van der Waals surface area contributed by atoms with E-state index in [0.717, 1.165) is 0 Å². The van der Waals surface area contributed by atoms with Crippen LogP contribution in [0.5, 0.6) is 0 Å². The molecule has 15 aliphatic heterocycles. The molecule has 35 heteroatoms. The number of hydrogen-bond acceptors (Lipinski definition) is 28. The summed E-state index contributed by atoms with van der Waals surface area (Å²) in [6.45, 7) is 0. The van der Waals surface area contributed by atoms with E-state index in [9.17, 15) is 71.5 Å². The number of ether oxygens (including phenoxy) is 14. The standard InChI is InChI=1S/C42H63I7O28/c43-1-8-29-15(50)22(57)36(64-8)72-30-9(2-44)66-38(24(59)17(30)52)74-32-11(4-46)68-40(26(61)19(32)54)76-34-13(6-48)70-42(28(63)21(34)56)77-35-14(7-49)69-41(27(62)20(35)55)75-33-12(5-47)67-39(25(60)18(33)53)73-31-10(3-45)65-37(71-29)23(58)16(31)51/h8-42,50-63H,1-7H2/t8-,9-,10-,11-,12+,13+,14+,15+,16+,17+,18-,19-,20-,21-,22+,23+,24+,25-,26-,27-,28-,29-,30-,31-,32-,33-,34-,35-,36+,37+,38+,39+,40+,41+,42+/m1/s1. The molecule has 448 valence electrons. The van der Waals surface area contributed by atoms with Gasteiger partial charge in [0.25, 0.3) is 0 Å². The molecule has 15 rings (SSSR count). The van der Waals surface area contributed by atoms with Crippen molar-refractivity contribution in [2.75, 3.05) is 31.0 Å². The average Bonchev–Trinajstić information content (AvgIpc) is 3.42. The van der Waals surface area contributed by atoms with E-state index in [0.29, 0.717) is 0 Å². The second-order valence-electron chi connectivity index (χ2n) is 19.5. The highest BCUT2D eigenvalue weighted by molar-refractivity contribution is 14.1. The summed E-state index contributed by atoms with van der Waals surface area (Å²) >= 11 is 13.5. The summed E-state index contributed by atoms with van der Waals surface area (Å²) in [4.78, 5) is 0. The summed E-state index contributed by atoms with van der Waals surface area (Å²) in [6.07, 6.45) is -55.6. The number of fused-ring (bicyclic) bond motifs is 7. The SMILES string of the molecule is O[C@@H]1[C@@H]2O[C@H]3[C@H](O)[C@@H](O)[C@H](O[C@H]4[C@H](O)[C@@H](O)[C@H](O[C@H]5[C@H](O)[C@@H](O)[C@H](O[C@H]6[C@H](O)[C@@H](O)[C@H](O[C@H]7[C@@H](O)[C@H](O)[C@H](O[C@H]8[C@@H](O)[C@H](O)[C@H](O[C@@H]([C@H]1O)[C@@H](CI)O2)O[C@@H]8CI)O[C@@H]7CI)O[C@H]6CI)O[C@H]5CI)O[C@H]4CI)O[C@@H]3CI. The minimum atomic E-state index is -1.90. The molecule has 14 bridgehead atoms. The number of rotatable bonds is 7. The minimum Gasteiger partial charge on any atom is -0.387 e. The first kappa shape index (κ1) is 66.9. The number of alkyl halides is 7. The lowest BCUT2D eigenvalue weighted by Crippen LogP contribution is -2.68. The minimum absolute atomic E-state index is 0.0801. The van der Waals surface area contributed by atoms with Gasteiger partial charge in [0.1, 0.15) is 128 Å². The van der Waals surface area contributed by atoms with Crippen molar-refractivity contribution in [1.29, 1.82) is 0 Å². The van der Waals surface area contributed by atoms with Crippen LogP contribution in [0.2, 0.25) is 0 Å². The zero-order valence-corrected chi connectivity index (χ0v) is 54.9. The van der Waals surface area contributed by atoms with E-state index in [4.69, 9.17) is 66.3 Å². The van der Waals surface area contributed by atoms with E-state index >= 15 is 0 Å². The van der Waals surface area contributed by atoms with Gasteiger partial charge in [-0.15, -0.1) is 0 Å². The number of hydrogen-bond donors (Lipinski definition) is 14. The van der Waals surface area contributed by atoms with E-state index in [2.05, 4.69) is 0 Å². The molecule has 0 saturated carbocycles. The van der Waals surface area contributed by atoms with Crippen molar-refractivity contribution in [1.82, 2.24) is 0 Å². The van der Waals surface area contributed by atoms with E-state index in [1.165, 1.54) is 0 Å². The Balaban J connectivity index is 1.08. The third kappa shape index (κ3) is 14.1. The van der Waals surface area contributed by atoms with Crippen LogP contribution in [0.25, 0.3) is 0 Å². The molecule has 77 heavy (non-hydrogen) atoms. The molecule has 0 unspecified atom stereocenters. The molecule has 0 aromatic rings. The summed E-state index contributed by atoms with van der Waals surface area (Å²) in [5.74, 6) is 0. The predicted octanol–water partition coefficient (Wildman–Crippen LogP) is -5.13. The quantitative estimate of drug-likeness (QED) is 0.0837. The van der Waals surface area contributed by atoms with Crippen molar-refractivity contribution in [2.24, 2.45) is 0 Å². The fourth-order valence-corrected chi connectivity index (χ4v) is 15.2. The molecule has 0 spiro atoms. The third-order valence-corrected chi connectivity index (χ3v) is 20.7. The van der Waals surface area contributed by atoms with Gasteiger partial charge in [-0.05, 0) is 0 Å². The fourth-order valence-electron chi connectivity index (χ4n) is 10.3. The smallest absolute Gasteiger partial charge is 0.187 e. The lowest BCUT2D eigenvalue weighted by molar-refractivity contribution is -0.388. The third-order valence-electron chi connectivity index (χ3n) is 14.6. The molecule has 0 aromatic carbocycles. The molecule has 0 aliphatic carbocycles. The first-order valence-electron chi connectivity index (χ1n) is 24.3. The Morgan fingerprint density at radius 2 is 0.273 bits per heavy atom. The maximum atomic E-state index is 11.6. The van der Waals surface area contributed by atoms with Crippen LogP contribution in [0.15, 0.2) is 0 Å². The van der Waals surface area contributed by atoms with Crippen molar-refractivity contribution in [2.45, 2.75) is 215 Å². The lowest BCUT2D eigenvalue weighted by Gasteiger charge is -2.50. The highest BCUT2D eigenvalue weighted by Crippen LogP contribution is 2.40. The average molecular weight is 1900 g/mol. The van der Waals surface area contributed by atoms with Gasteiger partial charge in [-0.25, -0.2) is 0 Å². The molecule has 0 aromatic heterocycles. The highest BCUT2D eigenvalue weighted by atomic mass is 127. The van der Waals surface area contributed by atoms with E-state index in [1.54, 1.807) is 0 Å². The Morgan fingerprint density at radius 1 is 0.169 bits per heavy atom. The molecule has 28 nitrogen and oxygen atoms in total. The Kier molecular flexibility index (Phi) is 25.7. The van der Waals surface area contributed by atoms with Gasteiger partial charge in [0.05, 0.1) is 42.7 Å². The molecule has 14 N–H and O–H groups in total. The van der Waals surface area contributed by atoms with Crippen LogP contribution in [-0.2, 0) is 66.3 Å². The molecule has 15 aliphatic rings. The van der Waals surface area contributed by atoms with Crippen LogP contribution >= 0.6 is 158 Å². The van der Waals surface area contributed by atoms with Gasteiger partial charge in [0.2, 0.25) is 0 Å². The van der Waals surface area contributed by atoms with Crippen molar-refractivity contribution < 1.29 is 138 Å². The Morgan fingerprint density at radius 3 is 0.364 bits per heavy atom. The normalized spacial score (nSPS) is 55.4. The topological polar surface area (TPSA) is 412 Å². The molecule has 15 fully saturated rings. The second-order valence-corrected chi connectivity index (χ2v) is 25.6. The first-order chi connectivity index (χ1) is 36.7. The molecule has 15 heterocycles. The van der Waals surface area contributed by atoms with Crippen molar-refractivity contribution in [3.05, 3.63) is 0 Å². The maximum Gasteiger partial charge on any atom is 0.187 e. The largest absolute Gasteiger partial charge is 0.387 e. The van der Waals surface area contributed by atoms with Crippen LogP contribution in [0.1, 0.15) is 0 Å². The second kappa shape index (κ2) is 29.5. The van der Waals surface area contributed by atoms with Gasteiger partial charge in [-0.1, -0.05) is 158 Å². The van der Waals surface area contributed by atoms with Crippen LogP contribution in [0.3, 0.4) is 0 Å². The predicted molar refractivity (Wildman–Crippen MR) is 311 cm³/mol. The van der Waals surface area contributed by atoms with Gasteiger partial charge in [0.15, 0.2) is 44.0 Å². The number of aliphatic hydroxyl groups excluding tert-OH is 14. The number of aliphatic hydroxyl groups is 14. The van der Waals surface area contributed by atoms with E-state index in [-0.39, 0.29) is 31.0 Å². The summed E-state index contributed by atoms with van der Waals surface area (Å²) in [7, 11) is 0. The summed E-state index contributed by atoms with van der Waals surface area (Å²) in [6, 6.07) is 0. The summed E-state index contributed by atoms with van der Waals surface area (Å²) in [5.41, 5.74) is 0. The first-order valence-corrected chi connectivity index (χ1v) is 35.0.